The summed E-state index contributed by atoms with van der Waals surface area (Å²) < 4.78 is 19.9. The Hall–Kier alpha value is -3.83. The summed E-state index contributed by atoms with van der Waals surface area (Å²) in [6.45, 7) is 0.128. The molecule has 4 rings (SSSR count). The first-order valence-electron chi connectivity index (χ1n) is 9.43. The van der Waals surface area contributed by atoms with Crippen LogP contribution < -0.4 is 10.6 Å². The van der Waals surface area contributed by atoms with Gasteiger partial charge in [0.25, 0.3) is 0 Å². The maximum Gasteiger partial charge on any atom is 0.210 e. The molecule has 8 heteroatoms. The summed E-state index contributed by atoms with van der Waals surface area (Å²) in [5, 5.41) is 18.0. The van der Waals surface area contributed by atoms with Gasteiger partial charge in [-0.25, -0.2) is 9.07 Å². The first kappa shape index (κ1) is 20.4. The molecule has 1 aromatic heterocycles. The SMILES string of the molecule is N#Cc1ccccc1-c1ccc(CSc2nnc(COc3ccc(F)cc3)n2N)cc1. The van der Waals surface area contributed by atoms with E-state index in [2.05, 4.69) is 16.3 Å². The Morgan fingerprint density at radius 3 is 2.48 bits per heavy atom. The number of halogens is 1. The summed E-state index contributed by atoms with van der Waals surface area (Å²) >= 11 is 1.46. The van der Waals surface area contributed by atoms with E-state index in [-0.39, 0.29) is 12.4 Å². The molecule has 0 radical (unpaired) electrons. The lowest BCUT2D eigenvalue weighted by Gasteiger charge is -2.07. The molecule has 0 spiro atoms. The van der Waals surface area contributed by atoms with E-state index in [9.17, 15) is 9.65 Å². The molecule has 0 aliphatic heterocycles. The zero-order chi connectivity index (χ0) is 21.6. The van der Waals surface area contributed by atoms with Crippen LogP contribution in [0.1, 0.15) is 17.0 Å². The van der Waals surface area contributed by atoms with Gasteiger partial charge in [0.15, 0.2) is 5.82 Å². The minimum Gasteiger partial charge on any atom is -0.486 e. The maximum atomic E-state index is 13.0. The van der Waals surface area contributed by atoms with Crippen LogP contribution in [0.3, 0.4) is 0 Å². The van der Waals surface area contributed by atoms with Crippen LogP contribution in [0.15, 0.2) is 78.0 Å². The highest BCUT2D eigenvalue weighted by Gasteiger charge is 2.11. The molecule has 2 N–H and O–H groups in total. The van der Waals surface area contributed by atoms with Gasteiger partial charge in [-0.3, -0.25) is 0 Å². The molecule has 31 heavy (non-hydrogen) atoms. The second-order valence-corrected chi connectivity index (χ2v) is 7.60. The van der Waals surface area contributed by atoms with Crippen molar-refractivity contribution in [2.45, 2.75) is 17.5 Å². The molecule has 0 amide bonds. The minimum absolute atomic E-state index is 0.128. The smallest absolute Gasteiger partial charge is 0.210 e. The molecule has 0 bridgehead atoms. The average Bonchev–Trinajstić information content (AvgIpc) is 3.17. The molecule has 4 aromatic rings. The van der Waals surface area contributed by atoms with Crippen molar-refractivity contribution in [3.63, 3.8) is 0 Å². The van der Waals surface area contributed by atoms with Gasteiger partial charge in [-0.2, -0.15) is 5.26 Å². The van der Waals surface area contributed by atoms with E-state index in [0.29, 0.717) is 28.0 Å². The van der Waals surface area contributed by atoms with E-state index in [1.807, 2.05) is 48.5 Å². The van der Waals surface area contributed by atoms with Crippen molar-refractivity contribution in [1.82, 2.24) is 14.9 Å². The summed E-state index contributed by atoms with van der Waals surface area (Å²) in [6, 6.07) is 23.5. The predicted molar refractivity (Wildman–Crippen MR) is 117 cm³/mol. The second kappa shape index (κ2) is 9.32. The van der Waals surface area contributed by atoms with Crippen LogP contribution in [0.5, 0.6) is 5.75 Å². The number of nitrogens with zero attached hydrogens (tertiary/aromatic N) is 4. The van der Waals surface area contributed by atoms with Crippen molar-refractivity contribution in [3.05, 3.63) is 95.6 Å². The number of benzene rings is 3. The Morgan fingerprint density at radius 1 is 1.00 bits per heavy atom. The summed E-state index contributed by atoms with van der Waals surface area (Å²) in [5.74, 6) is 7.42. The Bertz CT molecular complexity index is 1220. The van der Waals surface area contributed by atoms with Crippen molar-refractivity contribution in [1.29, 1.82) is 5.26 Å². The quantitative estimate of drug-likeness (QED) is 0.341. The fraction of sp³-hybridized carbons (Fsp3) is 0.0870. The van der Waals surface area contributed by atoms with Gasteiger partial charge >= 0.3 is 0 Å². The summed E-state index contributed by atoms with van der Waals surface area (Å²) in [4.78, 5) is 0. The first-order valence-corrected chi connectivity index (χ1v) is 10.4. The van der Waals surface area contributed by atoms with Gasteiger partial charge in [0.2, 0.25) is 5.16 Å². The fourth-order valence-corrected chi connectivity index (χ4v) is 3.77. The number of ether oxygens (including phenoxy) is 1. The number of nitriles is 1. The van der Waals surface area contributed by atoms with Crippen LogP contribution >= 0.6 is 11.8 Å². The van der Waals surface area contributed by atoms with Crippen LogP contribution in [-0.4, -0.2) is 14.9 Å². The molecule has 0 atom stereocenters. The van der Waals surface area contributed by atoms with Crippen LogP contribution in [0, 0.1) is 17.1 Å². The highest BCUT2D eigenvalue weighted by atomic mass is 32.2. The third kappa shape index (κ3) is 4.85. The van der Waals surface area contributed by atoms with Crippen molar-refractivity contribution in [2.75, 3.05) is 5.84 Å². The molecule has 3 aromatic carbocycles. The van der Waals surface area contributed by atoms with Crippen molar-refractivity contribution < 1.29 is 9.13 Å². The normalized spacial score (nSPS) is 10.6. The first-order chi connectivity index (χ1) is 15.1. The summed E-state index contributed by atoms with van der Waals surface area (Å²) in [6.07, 6.45) is 0. The van der Waals surface area contributed by atoms with Crippen LogP contribution in [0.2, 0.25) is 0 Å². The second-order valence-electron chi connectivity index (χ2n) is 6.65. The third-order valence-corrected chi connectivity index (χ3v) is 5.61. The molecule has 0 unspecified atom stereocenters. The van der Waals surface area contributed by atoms with Gasteiger partial charge in [0, 0.05) is 5.75 Å². The Morgan fingerprint density at radius 2 is 1.74 bits per heavy atom. The van der Waals surface area contributed by atoms with E-state index in [1.165, 1.54) is 28.6 Å². The molecule has 0 saturated heterocycles. The highest BCUT2D eigenvalue weighted by Crippen LogP contribution is 2.26. The zero-order valence-electron chi connectivity index (χ0n) is 16.4. The monoisotopic (exact) mass is 431 g/mol. The van der Waals surface area contributed by atoms with E-state index in [4.69, 9.17) is 10.6 Å². The molecule has 6 nitrogen and oxygen atoms in total. The molecule has 1 heterocycles. The van der Waals surface area contributed by atoms with Crippen molar-refractivity contribution in [2.24, 2.45) is 0 Å². The molecule has 0 aliphatic rings. The topological polar surface area (TPSA) is 89.8 Å². The maximum absolute atomic E-state index is 13.0. The standard InChI is InChI=1S/C23H18FN5OS/c24-19-9-11-20(12-10-19)30-14-22-27-28-23(29(22)26)31-15-16-5-7-17(8-6-16)21-4-2-1-3-18(21)13-25/h1-12H,14-15,26H2. The van der Waals surface area contributed by atoms with E-state index in [1.54, 1.807) is 12.1 Å². The number of nitrogen functional groups attached to an aromatic ring is 1. The highest BCUT2D eigenvalue weighted by molar-refractivity contribution is 7.98. The Labute approximate surface area is 183 Å². The summed E-state index contributed by atoms with van der Waals surface area (Å²) in [5.41, 5.74) is 3.65. The number of aromatic nitrogens is 3. The minimum atomic E-state index is -0.324. The molecule has 154 valence electrons. The van der Waals surface area contributed by atoms with Gasteiger partial charge < -0.3 is 10.6 Å². The van der Waals surface area contributed by atoms with Crippen molar-refractivity contribution in [3.8, 4) is 22.9 Å². The predicted octanol–water partition coefficient (Wildman–Crippen LogP) is 4.54. The molecular weight excluding hydrogens is 413 g/mol. The Balaban J connectivity index is 1.37. The van der Waals surface area contributed by atoms with E-state index < -0.39 is 0 Å². The van der Waals surface area contributed by atoms with Crippen molar-refractivity contribution >= 4 is 11.8 Å². The average molecular weight is 431 g/mol. The van der Waals surface area contributed by atoms with Crippen LogP contribution in [0.4, 0.5) is 4.39 Å². The lowest BCUT2D eigenvalue weighted by atomic mass is 10.00. The number of hydrogen-bond donors (Lipinski definition) is 1. The summed E-state index contributed by atoms with van der Waals surface area (Å²) in [7, 11) is 0. The largest absolute Gasteiger partial charge is 0.486 e. The Kier molecular flexibility index (Phi) is 6.15. The lowest BCUT2D eigenvalue weighted by molar-refractivity contribution is 0.291. The van der Waals surface area contributed by atoms with Crippen LogP contribution in [-0.2, 0) is 12.4 Å². The van der Waals surface area contributed by atoms with E-state index in [0.717, 1.165) is 16.7 Å². The molecule has 0 aliphatic carbocycles. The molecule has 0 saturated carbocycles. The number of hydrogen-bond acceptors (Lipinski definition) is 6. The van der Waals surface area contributed by atoms with Gasteiger partial charge in [-0.05, 0) is 47.0 Å². The number of nitrogens with two attached hydrogens (primary N) is 1. The third-order valence-electron chi connectivity index (χ3n) is 4.60. The number of thioether (sulfide) groups is 1. The van der Waals surface area contributed by atoms with E-state index >= 15 is 0 Å². The molecule has 0 fully saturated rings. The van der Waals surface area contributed by atoms with Gasteiger partial charge in [-0.15, -0.1) is 10.2 Å². The van der Waals surface area contributed by atoms with Gasteiger partial charge in [-0.1, -0.05) is 54.2 Å². The number of rotatable bonds is 7. The van der Waals surface area contributed by atoms with Gasteiger partial charge in [0.05, 0.1) is 11.6 Å². The zero-order valence-corrected chi connectivity index (χ0v) is 17.2. The van der Waals surface area contributed by atoms with Crippen LogP contribution in [0.25, 0.3) is 11.1 Å². The molecular formula is C23H18FN5OS. The fourth-order valence-electron chi connectivity index (χ4n) is 2.94. The van der Waals surface area contributed by atoms with Gasteiger partial charge in [0.1, 0.15) is 18.2 Å². The lowest BCUT2D eigenvalue weighted by Crippen LogP contribution is -2.15.